The molecule has 1 heterocycles. The van der Waals surface area contributed by atoms with Gasteiger partial charge in [-0.2, -0.15) is 0 Å². The summed E-state index contributed by atoms with van der Waals surface area (Å²) in [6.45, 7) is 1.98. The summed E-state index contributed by atoms with van der Waals surface area (Å²) >= 11 is 0. The number of aldehydes is 1. The number of hydrogen-bond acceptors (Lipinski definition) is 2. The van der Waals surface area contributed by atoms with Crippen LogP contribution in [0, 0.1) is 6.92 Å². The molecule has 0 unspecified atom stereocenters. The molecule has 3 heteroatoms. The minimum absolute atomic E-state index is 0.0983. The molecule has 1 N–H and O–H groups in total. The molecule has 0 bridgehead atoms. The van der Waals surface area contributed by atoms with E-state index in [9.17, 15) is 9.59 Å². The molecular weight excluding hydrogens is 238 g/mol. The summed E-state index contributed by atoms with van der Waals surface area (Å²) in [4.78, 5) is 27.2. The maximum atomic E-state index is 12.6. The highest BCUT2D eigenvalue weighted by Crippen LogP contribution is 2.27. The van der Waals surface area contributed by atoms with Gasteiger partial charge in [-0.3, -0.25) is 4.79 Å². The number of hydrogen-bond donors (Lipinski definition) is 1. The largest absolute Gasteiger partial charge is 0.357 e. The molecule has 1 aromatic carbocycles. The fourth-order valence-electron chi connectivity index (χ4n) is 2.97. The molecule has 2 aromatic rings. The first-order valence-electron chi connectivity index (χ1n) is 6.81. The second kappa shape index (κ2) is 4.65. The third-order valence-electron chi connectivity index (χ3n) is 4.02. The number of pyridine rings is 1. The average molecular weight is 255 g/mol. The van der Waals surface area contributed by atoms with Crippen LogP contribution in [-0.4, -0.2) is 11.3 Å². The van der Waals surface area contributed by atoms with E-state index < -0.39 is 0 Å². The topological polar surface area (TPSA) is 49.9 Å². The molecule has 1 atom stereocenters. The smallest absolute Gasteiger partial charge is 0.192 e. The van der Waals surface area contributed by atoms with Gasteiger partial charge in [-0.15, -0.1) is 0 Å². The minimum Gasteiger partial charge on any atom is -0.357 e. The molecule has 98 valence electrons. The summed E-state index contributed by atoms with van der Waals surface area (Å²) in [7, 11) is 0. The predicted molar refractivity (Wildman–Crippen MR) is 75.7 cm³/mol. The van der Waals surface area contributed by atoms with Crippen LogP contribution < -0.4 is 5.43 Å². The van der Waals surface area contributed by atoms with Crippen LogP contribution in [0.1, 0.15) is 42.0 Å². The summed E-state index contributed by atoms with van der Waals surface area (Å²) in [5.74, 6) is -0.157. The Bertz CT molecular complexity index is 700. The lowest BCUT2D eigenvalue weighted by molar-refractivity contribution is -0.109. The van der Waals surface area contributed by atoms with Crippen molar-refractivity contribution in [3.05, 3.63) is 45.2 Å². The normalized spacial score (nSPS) is 18.9. The van der Waals surface area contributed by atoms with Crippen molar-refractivity contribution in [1.29, 1.82) is 0 Å². The lowest BCUT2D eigenvalue weighted by Gasteiger charge is -2.13. The monoisotopic (exact) mass is 255 g/mol. The highest BCUT2D eigenvalue weighted by atomic mass is 16.1. The molecule has 0 spiro atoms. The molecule has 0 radical (unpaired) electrons. The van der Waals surface area contributed by atoms with Gasteiger partial charge in [0.15, 0.2) is 5.43 Å². The van der Waals surface area contributed by atoms with Crippen LogP contribution >= 0.6 is 0 Å². The Balaban J connectivity index is 2.35. The standard InChI is InChI=1S/C16H17NO2/c1-10-6-7-14-13(8-10)16(19)12-5-3-2-4-11(9-18)15(12)17-14/h6-9,11H,2-5H2,1H3,(H,17,19)/t11-/m0/s1. The van der Waals surface area contributed by atoms with Gasteiger partial charge in [0, 0.05) is 22.2 Å². The van der Waals surface area contributed by atoms with Gasteiger partial charge in [-0.1, -0.05) is 18.1 Å². The number of aromatic nitrogens is 1. The number of aromatic amines is 1. The Morgan fingerprint density at radius 2 is 2.16 bits per heavy atom. The Kier molecular flexibility index (Phi) is 2.97. The number of aryl methyl sites for hydroxylation is 1. The maximum Gasteiger partial charge on any atom is 0.192 e. The van der Waals surface area contributed by atoms with Gasteiger partial charge in [0.05, 0.1) is 5.92 Å². The average Bonchev–Trinajstić information content (AvgIpc) is 2.62. The van der Waals surface area contributed by atoms with E-state index >= 15 is 0 Å². The number of H-pyrrole nitrogens is 1. The van der Waals surface area contributed by atoms with Crippen LogP contribution in [0.2, 0.25) is 0 Å². The van der Waals surface area contributed by atoms with Crippen molar-refractivity contribution in [3.63, 3.8) is 0 Å². The van der Waals surface area contributed by atoms with E-state index in [4.69, 9.17) is 0 Å². The second-order valence-electron chi connectivity index (χ2n) is 5.38. The Hall–Kier alpha value is -1.90. The van der Waals surface area contributed by atoms with Crippen LogP contribution in [0.5, 0.6) is 0 Å². The lowest BCUT2D eigenvalue weighted by atomic mass is 9.97. The zero-order valence-electron chi connectivity index (χ0n) is 11.0. The van der Waals surface area contributed by atoms with Crippen LogP contribution in [0.15, 0.2) is 23.0 Å². The van der Waals surface area contributed by atoms with Gasteiger partial charge in [-0.25, -0.2) is 0 Å². The van der Waals surface area contributed by atoms with Gasteiger partial charge < -0.3 is 9.78 Å². The molecule has 1 aliphatic carbocycles. The number of carbonyl (C=O) groups is 1. The number of benzene rings is 1. The van der Waals surface area contributed by atoms with Crippen molar-refractivity contribution in [2.24, 2.45) is 0 Å². The van der Waals surface area contributed by atoms with Crippen LogP contribution in [-0.2, 0) is 11.2 Å². The molecule has 0 fully saturated rings. The molecule has 1 aliphatic rings. The molecule has 19 heavy (non-hydrogen) atoms. The third-order valence-corrected chi connectivity index (χ3v) is 4.02. The van der Waals surface area contributed by atoms with E-state index in [1.54, 1.807) is 0 Å². The SMILES string of the molecule is Cc1ccc2[nH]c3c(c(=O)c2c1)CCCC[C@H]3C=O. The van der Waals surface area contributed by atoms with Crippen molar-refractivity contribution in [1.82, 2.24) is 4.98 Å². The fraction of sp³-hybridized carbons (Fsp3) is 0.375. The summed E-state index contributed by atoms with van der Waals surface area (Å²) < 4.78 is 0. The predicted octanol–water partition coefficient (Wildman–Crippen LogP) is 2.85. The molecule has 3 rings (SSSR count). The summed E-state index contributed by atoms with van der Waals surface area (Å²) in [5, 5.41) is 0.741. The number of fused-ring (bicyclic) bond motifs is 2. The van der Waals surface area contributed by atoms with Gasteiger partial charge in [0.2, 0.25) is 0 Å². The molecular formula is C16H17NO2. The highest BCUT2D eigenvalue weighted by Gasteiger charge is 2.22. The molecule has 0 saturated heterocycles. The zero-order chi connectivity index (χ0) is 13.4. The Morgan fingerprint density at radius 1 is 1.32 bits per heavy atom. The molecule has 0 saturated carbocycles. The molecule has 1 aromatic heterocycles. The summed E-state index contributed by atoms with van der Waals surface area (Å²) in [6.07, 6.45) is 4.57. The van der Waals surface area contributed by atoms with E-state index in [0.717, 1.165) is 59.7 Å². The summed E-state index contributed by atoms with van der Waals surface area (Å²) in [6, 6.07) is 5.84. The van der Waals surface area contributed by atoms with Crippen molar-refractivity contribution in [3.8, 4) is 0 Å². The quantitative estimate of drug-likeness (QED) is 0.629. The first kappa shape index (κ1) is 12.2. The fourth-order valence-corrected chi connectivity index (χ4v) is 2.97. The van der Waals surface area contributed by atoms with Crippen molar-refractivity contribution >= 4 is 17.2 Å². The van der Waals surface area contributed by atoms with Crippen LogP contribution in [0.25, 0.3) is 10.9 Å². The van der Waals surface area contributed by atoms with E-state index in [0.29, 0.717) is 0 Å². The van der Waals surface area contributed by atoms with Crippen molar-refractivity contribution < 1.29 is 4.79 Å². The van der Waals surface area contributed by atoms with Gasteiger partial charge in [0.1, 0.15) is 6.29 Å². The van der Waals surface area contributed by atoms with Gasteiger partial charge in [0.25, 0.3) is 0 Å². The van der Waals surface area contributed by atoms with E-state index in [2.05, 4.69) is 4.98 Å². The van der Waals surface area contributed by atoms with Crippen molar-refractivity contribution in [2.75, 3.05) is 0 Å². The first-order valence-corrected chi connectivity index (χ1v) is 6.81. The second-order valence-corrected chi connectivity index (χ2v) is 5.38. The van der Waals surface area contributed by atoms with Crippen molar-refractivity contribution in [2.45, 2.75) is 38.5 Å². The zero-order valence-corrected chi connectivity index (χ0v) is 11.0. The van der Waals surface area contributed by atoms with Crippen LogP contribution in [0.4, 0.5) is 0 Å². The lowest BCUT2D eigenvalue weighted by Crippen LogP contribution is -2.16. The molecule has 0 aliphatic heterocycles. The highest BCUT2D eigenvalue weighted by molar-refractivity contribution is 5.81. The maximum absolute atomic E-state index is 12.6. The van der Waals surface area contributed by atoms with Gasteiger partial charge >= 0.3 is 0 Å². The van der Waals surface area contributed by atoms with Crippen LogP contribution in [0.3, 0.4) is 0 Å². The third kappa shape index (κ3) is 1.99. The van der Waals surface area contributed by atoms with E-state index in [1.165, 1.54) is 0 Å². The van der Waals surface area contributed by atoms with E-state index in [1.807, 2.05) is 25.1 Å². The Morgan fingerprint density at radius 3 is 2.95 bits per heavy atom. The van der Waals surface area contributed by atoms with E-state index in [-0.39, 0.29) is 11.3 Å². The number of nitrogens with one attached hydrogen (secondary N) is 1. The number of rotatable bonds is 1. The molecule has 0 amide bonds. The minimum atomic E-state index is -0.157. The molecule has 3 nitrogen and oxygen atoms in total. The number of carbonyl (C=O) groups excluding carboxylic acids is 1. The first-order chi connectivity index (χ1) is 9.20. The van der Waals surface area contributed by atoms with Gasteiger partial charge in [-0.05, 0) is 38.3 Å². The summed E-state index contributed by atoms with van der Waals surface area (Å²) in [5.41, 5.74) is 3.67. The Labute approximate surface area is 111 Å².